The van der Waals surface area contributed by atoms with E-state index in [1.807, 2.05) is 19.1 Å². The zero-order valence-electron chi connectivity index (χ0n) is 9.03. The normalized spacial score (nSPS) is 10.1. The molecule has 15 heavy (non-hydrogen) atoms. The fraction of sp³-hybridized carbons (Fsp3) is 0.400. The molecule has 0 aromatic carbocycles. The predicted molar refractivity (Wildman–Crippen MR) is 59.3 cm³/mol. The number of hydrogen-bond acceptors (Lipinski definition) is 4. The molecule has 1 heterocycles. The van der Waals surface area contributed by atoms with Crippen LogP contribution in [-0.2, 0) is 11.3 Å². The Labute approximate surface area is 89.1 Å². The SMILES string of the molecule is Cc1cc(CN)cc(N(C)CC(N)=O)n1. The van der Waals surface area contributed by atoms with Crippen molar-refractivity contribution in [2.75, 3.05) is 18.5 Å². The highest BCUT2D eigenvalue weighted by Crippen LogP contribution is 2.12. The molecule has 0 radical (unpaired) electrons. The van der Waals surface area contributed by atoms with E-state index < -0.39 is 0 Å². The van der Waals surface area contributed by atoms with E-state index in [0.717, 1.165) is 11.3 Å². The largest absolute Gasteiger partial charge is 0.368 e. The van der Waals surface area contributed by atoms with Crippen LogP contribution in [0.1, 0.15) is 11.3 Å². The van der Waals surface area contributed by atoms with Crippen LogP contribution in [0.25, 0.3) is 0 Å². The van der Waals surface area contributed by atoms with Crippen molar-refractivity contribution >= 4 is 11.7 Å². The Hall–Kier alpha value is -1.62. The highest BCUT2D eigenvalue weighted by Gasteiger charge is 2.07. The summed E-state index contributed by atoms with van der Waals surface area (Å²) in [5.41, 5.74) is 12.5. The Morgan fingerprint density at radius 3 is 2.73 bits per heavy atom. The molecule has 1 amide bonds. The standard InChI is InChI=1S/C10H16N4O/c1-7-3-8(5-11)4-10(13-7)14(2)6-9(12)15/h3-4H,5-6,11H2,1-2H3,(H2,12,15). The smallest absolute Gasteiger partial charge is 0.236 e. The third-order valence-electron chi connectivity index (χ3n) is 2.02. The lowest BCUT2D eigenvalue weighted by molar-refractivity contribution is -0.116. The Bertz CT molecular complexity index is 364. The molecule has 0 saturated carbocycles. The maximum atomic E-state index is 10.8. The van der Waals surface area contributed by atoms with Gasteiger partial charge in [0.2, 0.25) is 5.91 Å². The molecule has 0 fully saturated rings. The van der Waals surface area contributed by atoms with Crippen LogP contribution in [0.3, 0.4) is 0 Å². The van der Waals surface area contributed by atoms with Crippen LogP contribution < -0.4 is 16.4 Å². The van der Waals surface area contributed by atoms with Gasteiger partial charge in [0.1, 0.15) is 5.82 Å². The Morgan fingerprint density at radius 1 is 1.53 bits per heavy atom. The third-order valence-corrected chi connectivity index (χ3v) is 2.02. The van der Waals surface area contributed by atoms with Crippen molar-refractivity contribution in [3.63, 3.8) is 0 Å². The molecule has 0 aliphatic rings. The number of rotatable bonds is 4. The van der Waals surface area contributed by atoms with E-state index in [9.17, 15) is 4.79 Å². The van der Waals surface area contributed by atoms with Gasteiger partial charge in [-0.25, -0.2) is 4.98 Å². The fourth-order valence-electron chi connectivity index (χ4n) is 1.35. The zero-order valence-corrected chi connectivity index (χ0v) is 9.03. The van der Waals surface area contributed by atoms with Crippen molar-refractivity contribution in [1.29, 1.82) is 0 Å². The molecule has 0 atom stereocenters. The first-order chi connectivity index (χ1) is 7.02. The molecule has 0 spiro atoms. The van der Waals surface area contributed by atoms with Crippen molar-refractivity contribution in [2.45, 2.75) is 13.5 Å². The summed E-state index contributed by atoms with van der Waals surface area (Å²) >= 11 is 0. The average molecular weight is 208 g/mol. The van der Waals surface area contributed by atoms with Crippen LogP contribution in [0.5, 0.6) is 0 Å². The van der Waals surface area contributed by atoms with Crippen LogP contribution in [-0.4, -0.2) is 24.5 Å². The number of anilines is 1. The van der Waals surface area contributed by atoms with Crippen molar-refractivity contribution in [1.82, 2.24) is 4.98 Å². The molecule has 82 valence electrons. The molecule has 0 aliphatic carbocycles. The van der Waals surface area contributed by atoms with E-state index in [1.165, 1.54) is 0 Å². The van der Waals surface area contributed by atoms with Gasteiger partial charge >= 0.3 is 0 Å². The second kappa shape index (κ2) is 4.75. The lowest BCUT2D eigenvalue weighted by Crippen LogP contribution is -2.31. The van der Waals surface area contributed by atoms with Crippen molar-refractivity contribution < 1.29 is 4.79 Å². The van der Waals surface area contributed by atoms with Gasteiger partial charge in [-0.3, -0.25) is 4.79 Å². The van der Waals surface area contributed by atoms with Gasteiger partial charge in [-0.05, 0) is 24.6 Å². The summed E-state index contributed by atoms with van der Waals surface area (Å²) in [6, 6.07) is 3.78. The maximum absolute atomic E-state index is 10.8. The lowest BCUT2D eigenvalue weighted by Gasteiger charge is -2.17. The number of hydrogen-bond donors (Lipinski definition) is 2. The molecule has 4 N–H and O–H groups in total. The molecule has 0 bridgehead atoms. The highest BCUT2D eigenvalue weighted by atomic mass is 16.1. The van der Waals surface area contributed by atoms with Crippen LogP contribution in [0.4, 0.5) is 5.82 Å². The van der Waals surface area contributed by atoms with Gasteiger partial charge in [0.15, 0.2) is 0 Å². The van der Waals surface area contributed by atoms with Gasteiger partial charge in [0.25, 0.3) is 0 Å². The number of carbonyl (C=O) groups is 1. The van der Waals surface area contributed by atoms with Gasteiger partial charge in [0, 0.05) is 19.3 Å². The van der Waals surface area contributed by atoms with E-state index in [2.05, 4.69) is 4.98 Å². The predicted octanol–water partition coefficient (Wildman–Crippen LogP) is -0.230. The molecule has 1 aromatic rings. The van der Waals surface area contributed by atoms with E-state index >= 15 is 0 Å². The summed E-state index contributed by atoms with van der Waals surface area (Å²) in [5.74, 6) is 0.337. The summed E-state index contributed by atoms with van der Waals surface area (Å²) in [4.78, 5) is 16.8. The summed E-state index contributed by atoms with van der Waals surface area (Å²) in [6.07, 6.45) is 0. The zero-order chi connectivity index (χ0) is 11.4. The first-order valence-electron chi connectivity index (χ1n) is 4.70. The molecule has 1 aromatic heterocycles. The van der Waals surface area contributed by atoms with Gasteiger partial charge in [-0.15, -0.1) is 0 Å². The number of nitrogens with zero attached hydrogens (tertiary/aromatic N) is 2. The van der Waals surface area contributed by atoms with Crippen molar-refractivity contribution in [3.05, 3.63) is 23.4 Å². The first kappa shape index (κ1) is 11.5. The minimum absolute atomic E-state index is 0.153. The second-order valence-electron chi connectivity index (χ2n) is 3.50. The molecule has 1 rings (SSSR count). The van der Waals surface area contributed by atoms with Crippen LogP contribution >= 0.6 is 0 Å². The molecule has 5 heteroatoms. The summed E-state index contributed by atoms with van der Waals surface area (Å²) in [5, 5.41) is 0. The van der Waals surface area contributed by atoms with Crippen molar-refractivity contribution in [3.8, 4) is 0 Å². The topological polar surface area (TPSA) is 85.2 Å². The number of aromatic nitrogens is 1. The second-order valence-corrected chi connectivity index (χ2v) is 3.50. The molecular weight excluding hydrogens is 192 g/mol. The number of likely N-dealkylation sites (N-methyl/N-ethyl adjacent to an activating group) is 1. The Kier molecular flexibility index (Phi) is 3.62. The van der Waals surface area contributed by atoms with E-state index in [-0.39, 0.29) is 12.5 Å². The van der Waals surface area contributed by atoms with Gasteiger partial charge in [0.05, 0.1) is 6.54 Å². The molecule has 0 unspecified atom stereocenters. The van der Waals surface area contributed by atoms with Crippen LogP contribution in [0, 0.1) is 6.92 Å². The third kappa shape index (κ3) is 3.21. The fourth-order valence-corrected chi connectivity index (χ4v) is 1.35. The monoisotopic (exact) mass is 208 g/mol. The summed E-state index contributed by atoms with van der Waals surface area (Å²) < 4.78 is 0. The van der Waals surface area contributed by atoms with Gasteiger partial charge < -0.3 is 16.4 Å². The minimum atomic E-state index is -0.380. The number of pyridine rings is 1. The maximum Gasteiger partial charge on any atom is 0.236 e. The minimum Gasteiger partial charge on any atom is -0.368 e. The molecule has 0 saturated heterocycles. The number of amides is 1. The van der Waals surface area contributed by atoms with Crippen molar-refractivity contribution in [2.24, 2.45) is 11.5 Å². The van der Waals surface area contributed by atoms with E-state index in [1.54, 1.807) is 11.9 Å². The molecule has 5 nitrogen and oxygen atoms in total. The van der Waals surface area contributed by atoms with Crippen LogP contribution in [0.15, 0.2) is 12.1 Å². The average Bonchev–Trinajstić information content (AvgIpc) is 2.15. The van der Waals surface area contributed by atoms with Gasteiger partial charge in [-0.1, -0.05) is 0 Å². The first-order valence-corrected chi connectivity index (χ1v) is 4.70. The van der Waals surface area contributed by atoms with Crippen LogP contribution in [0.2, 0.25) is 0 Å². The number of nitrogens with two attached hydrogens (primary N) is 2. The molecular formula is C10H16N4O. The van der Waals surface area contributed by atoms with E-state index in [0.29, 0.717) is 12.4 Å². The molecule has 0 aliphatic heterocycles. The van der Waals surface area contributed by atoms with Gasteiger partial charge in [-0.2, -0.15) is 0 Å². The number of aryl methyl sites for hydroxylation is 1. The summed E-state index contributed by atoms with van der Waals surface area (Å²) in [6.45, 7) is 2.50. The Morgan fingerprint density at radius 2 is 2.20 bits per heavy atom. The Balaban J connectivity index is 2.92. The lowest BCUT2D eigenvalue weighted by atomic mass is 10.2. The highest BCUT2D eigenvalue weighted by molar-refractivity contribution is 5.79. The summed E-state index contributed by atoms with van der Waals surface area (Å²) in [7, 11) is 1.77. The number of carbonyl (C=O) groups excluding carboxylic acids is 1. The van der Waals surface area contributed by atoms with E-state index in [4.69, 9.17) is 11.5 Å². The number of primary amides is 1. The quantitative estimate of drug-likeness (QED) is 0.715.